The Morgan fingerprint density at radius 1 is 0.870 bits per heavy atom. The molecule has 0 atom stereocenters. The van der Waals surface area contributed by atoms with E-state index < -0.39 is 5.41 Å². The Kier molecular flexibility index (Phi) is 4.84. The minimum Gasteiger partial charge on any atom is -0.325 e. The summed E-state index contributed by atoms with van der Waals surface area (Å²) in [5.74, 6) is -0.675. The molecule has 0 aliphatic heterocycles. The molecule has 0 radical (unpaired) electrons. The molecule has 0 unspecified atom stereocenters. The average Bonchev–Trinajstić information content (AvgIpc) is 2.49. The average molecular weight is 310 g/mol. The van der Waals surface area contributed by atoms with Crippen molar-refractivity contribution in [2.75, 3.05) is 10.6 Å². The van der Waals surface area contributed by atoms with Crippen molar-refractivity contribution in [2.45, 2.75) is 27.7 Å². The summed E-state index contributed by atoms with van der Waals surface area (Å²) in [6.45, 7) is 7.10. The summed E-state index contributed by atoms with van der Waals surface area (Å²) < 4.78 is 0. The van der Waals surface area contributed by atoms with Crippen LogP contribution in [0.15, 0.2) is 48.5 Å². The van der Waals surface area contributed by atoms with Gasteiger partial charge in [0.1, 0.15) is 5.41 Å². The fourth-order valence-corrected chi connectivity index (χ4v) is 2.10. The van der Waals surface area contributed by atoms with Crippen molar-refractivity contribution >= 4 is 23.2 Å². The molecule has 0 spiro atoms. The SMILES string of the molecule is Cc1cccc(NC(=O)C(C)(C)C(=O)Nc2ccccc2C)c1. The Morgan fingerprint density at radius 3 is 2.17 bits per heavy atom. The highest BCUT2D eigenvalue weighted by molar-refractivity contribution is 6.14. The van der Waals surface area contributed by atoms with Crippen LogP contribution in [-0.2, 0) is 9.59 Å². The van der Waals surface area contributed by atoms with Crippen molar-refractivity contribution in [3.8, 4) is 0 Å². The predicted molar refractivity (Wildman–Crippen MR) is 93.4 cm³/mol. The molecule has 2 aromatic rings. The summed E-state index contributed by atoms with van der Waals surface area (Å²) in [7, 11) is 0. The quantitative estimate of drug-likeness (QED) is 0.841. The summed E-state index contributed by atoms with van der Waals surface area (Å²) >= 11 is 0. The van der Waals surface area contributed by atoms with Gasteiger partial charge in [-0.1, -0.05) is 30.3 Å². The molecule has 23 heavy (non-hydrogen) atoms. The fourth-order valence-electron chi connectivity index (χ4n) is 2.10. The molecule has 2 rings (SSSR count). The number of hydrogen-bond acceptors (Lipinski definition) is 2. The zero-order chi connectivity index (χ0) is 17.0. The number of amides is 2. The molecule has 0 fully saturated rings. The number of aryl methyl sites for hydroxylation is 2. The van der Waals surface area contributed by atoms with E-state index in [0.29, 0.717) is 11.4 Å². The van der Waals surface area contributed by atoms with Gasteiger partial charge in [-0.05, 0) is 57.0 Å². The maximum absolute atomic E-state index is 12.5. The van der Waals surface area contributed by atoms with Crippen molar-refractivity contribution in [1.82, 2.24) is 0 Å². The molecule has 2 N–H and O–H groups in total. The zero-order valence-corrected chi connectivity index (χ0v) is 13.9. The van der Waals surface area contributed by atoms with E-state index in [-0.39, 0.29) is 11.8 Å². The molecule has 4 heteroatoms. The van der Waals surface area contributed by atoms with E-state index in [1.54, 1.807) is 19.9 Å². The third-order valence-corrected chi connectivity index (χ3v) is 3.80. The molecular weight excluding hydrogens is 288 g/mol. The van der Waals surface area contributed by atoms with Gasteiger partial charge in [0, 0.05) is 11.4 Å². The maximum atomic E-state index is 12.5. The van der Waals surface area contributed by atoms with Crippen molar-refractivity contribution in [3.05, 3.63) is 59.7 Å². The Bertz CT molecular complexity index is 736. The Hall–Kier alpha value is -2.62. The molecule has 120 valence electrons. The first-order chi connectivity index (χ1) is 10.8. The first kappa shape index (κ1) is 16.7. The number of carbonyl (C=O) groups excluding carboxylic acids is 2. The summed E-state index contributed by atoms with van der Waals surface area (Å²) in [6, 6.07) is 15.0. The lowest BCUT2D eigenvalue weighted by molar-refractivity contribution is -0.135. The molecule has 2 amide bonds. The monoisotopic (exact) mass is 310 g/mol. The number of anilines is 2. The smallest absolute Gasteiger partial charge is 0.239 e. The maximum Gasteiger partial charge on any atom is 0.239 e. The largest absolute Gasteiger partial charge is 0.325 e. The van der Waals surface area contributed by atoms with Gasteiger partial charge in [-0.2, -0.15) is 0 Å². The van der Waals surface area contributed by atoms with E-state index in [2.05, 4.69) is 10.6 Å². The van der Waals surface area contributed by atoms with Crippen LogP contribution in [0.2, 0.25) is 0 Å². The fraction of sp³-hybridized carbons (Fsp3) is 0.263. The molecule has 0 bridgehead atoms. The molecular formula is C19H22N2O2. The summed E-state index contributed by atoms with van der Waals surface area (Å²) in [6.07, 6.45) is 0. The second-order valence-electron chi connectivity index (χ2n) is 6.22. The van der Waals surface area contributed by atoms with Gasteiger partial charge < -0.3 is 10.6 Å². The van der Waals surface area contributed by atoms with Crippen molar-refractivity contribution in [1.29, 1.82) is 0 Å². The van der Waals surface area contributed by atoms with E-state index in [9.17, 15) is 9.59 Å². The highest BCUT2D eigenvalue weighted by Gasteiger charge is 2.36. The minimum atomic E-state index is -1.19. The normalized spacial score (nSPS) is 11.0. The third kappa shape index (κ3) is 3.97. The molecule has 0 aliphatic carbocycles. The third-order valence-electron chi connectivity index (χ3n) is 3.80. The topological polar surface area (TPSA) is 58.2 Å². The van der Waals surface area contributed by atoms with E-state index in [1.165, 1.54) is 0 Å². The predicted octanol–water partition coefficient (Wildman–Crippen LogP) is 3.91. The van der Waals surface area contributed by atoms with Crippen LogP contribution < -0.4 is 10.6 Å². The van der Waals surface area contributed by atoms with Crippen LogP contribution in [0, 0.1) is 19.3 Å². The minimum absolute atomic E-state index is 0.336. The van der Waals surface area contributed by atoms with Gasteiger partial charge in [-0.25, -0.2) is 0 Å². The lowest BCUT2D eigenvalue weighted by atomic mass is 9.90. The van der Waals surface area contributed by atoms with Gasteiger partial charge in [0.25, 0.3) is 0 Å². The van der Waals surface area contributed by atoms with Gasteiger partial charge in [0.15, 0.2) is 0 Å². The Labute approximate surface area is 136 Å². The van der Waals surface area contributed by atoms with Crippen molar-refractivity contribution < 1.29 is 9.59 Å². The Balaban J connectivity index is 2.11. The van der Waals surface area contributed by atoms with E-state index in [1.807, 2.05) is 56.3 Å². The van der Waals surface area contributed by atoms with Crippen LogP contribution in [-0.4, -0.2) is 11.8 Å². The zero-order valence-electron chi connectivity index (χ0n) is 13.9. The van der Waals surface area contributed by atoms with Gasteiger partial charge in [0.2, 0.25) is 11.8 Å². The first-order valence-electron chi connectivity index (χ1n) is 7.56. The number of rotatable bonds is 4. The standard InChI is InChI=1S/C19H22N2O2/c1-13-8-7-10-15(12-13)20-17(22)19(3,4)18(23)21-16-11-6-5-9-14(16)2/h5-12H,1-4H3,(H,20,22)(H,21,23). The van der Waals surface area contributed by atoms with E-state index >= 15 is 0 Å². The molecule has 0 aliphatic rings. The molecule has 0 saturated carbocycles. The van der Waals surface area contributed by atoms with Crippen LogP contribution in [0.5, 0.6) is 0 Å². The molecule has 0 heterocycles. The number of hydrogen-bond donors (Lipinski definition) is 2. The van der Waals surface area contributed by atoms with Crippen LogP contribution >= 0.6 is 0 Å². The number of carbonyl (C=O) groups is 2. The van der Waals surface area contributed by atoms with Crippen LogP contribution in [0.3, 0.4) is 0 Å². The molecule has 0 aromatic heterocycles. The number of benzene rings is 2. The van der Waals surface area contributed by atoms with Crippen LogP contribution in [0.25, 0.3) is 0 Å². The highest BCUT2D eigenvalue weighted by atomic mass is 16.2. The van der Waals surface area contributed by atoms with Crippen molar-refractivity contribution in [3.63, 3.8) is 0 Å². The number of para-hydroxylation sites is 1. The Morgan fingerprint density at radius 2 is 1.52 bits per heavy atom. The van der Waals surface area contributed by atoms with Gasteiger partial charge in [-0.3, -0.25) is 9.59 Å². The van der Waals surface area contributed by atoms with Crippen LogP contribution in [0.4, 0.5) is 11.4 Å². The summed E-state index contributed by atoms with van der Waals surface area (Å²) in [4.78, 5) is 25.0. The molecule has 2 aromatic carbocycles. The molecule has 0 saturated heterocycles. The van der Waals surface area contributed by atoms with Gasteiger partial charge >= 0.3 is 0 Å². The lowest BCUT2D eigenvalue weighted by Crippen LogP contribution is -2.41. The summed E-state index contributed by atoms with van der Waals surface area (Å²) in [5.41, 5.74) is 2.22. The van der Waals surface area contributed by atoms with E-state index in [0.717, 1.165) is 11.1 Å². The van der Waals surface area contributed by atoms with Gasteiger partial charge in [-0.15, -0.1) is 0 Å². The van der Waals surface area contributed by atoms with Crippen molar-refractivity contribution in [2.24, 2.45) is 5.41 Å². The second kappa shape index (κ2) is 6.65. The first-order valence-corrected chi connectivity index (χ1v) is 7.56. The number of nitrogens with one attached hydrogen (secondary N) is 2. The second-order valence-corrected chi connectivity index (χ2v) is 6.22. The molecule has 4 nitrogen and oxygen atoms in total. The van der Waals surface area contributed by atoms with Crippen LogP contribution in [0.1, 0.15) is 25.0 Å². The summed E-state index contributed by atoms with van der Waals surface area (Å²) in [5, 5.41) is 5.63. The van der Waals surface area contributed by atoms with Gasteiger partial charge in [0.05, 0.1) is 0 Å². The van der Waals surface area contributed by atoms with E-state index in [4.69, 9.17) is 0 Å². The lowest BCUT2D eigenvalue weighted by Gasteiger charge is -2.23. The highest BCUT2D eigenvalue weighted by Crippen LogP contribution is 2.23.